The Bertz CT molecular complexity index is 539. The normalized spacial score (nSPS) is 10.3. The van der Waals surface area contributed by atoms with Gasteiger partial charge in [0, 0.05) is 22.2 Å². The highest BCUT2D eigenvalue weighted by molar-refractivity contribution is 9.11. The van der Waals surface area contributed by atoms with Gasteiger partial charge in [0.2, 0.25) is 0 Å². The number of hydrogen-bond donors (Lipinski definition) is 1. The van der Waals surface area contributed by atoms with Crippen molar-refractivity contribution in [2.45, 2.75) is 0 Å². The standard InChI is InChI=1S/C12H12BrNO2S/c1-15-9-5-7(8(14)6-10(9)16-2)11-3-4-12(13)17-11/h3-6H,14H2,1-2H3. The number of benzene rings is 1. The summed E-state index contributed by atoms with van der Waals surface area (Å²) in [5.41, 5.74) is 7.65. The molecule has 0 radical (unpaired) electrons. The molecule has 17 heavy (non-hydrogen) atoms. The lowest BCUT2D eigenvalue weighted by Crippen LogP contribution is -1.95. The van der Waals surface area contributed by atoms with Gasteiger partial charge in [0.1, 0.15) is 0 Å². The minimum Gasteiger partial charge on any atom is -0.493 e. The molecule has 0 bridgehead atoms. The smallest absolute Gasteiger partial charge is 0.162 e. The molecule has 90 valence electrons. The Labute approximate surface area is 112 Å². The fraction of sp³-hybridized carbons (Fsp3) is 0.167. The largest absolute Gasteiger partial charge is 0.493 e. The van der Waals surface area contributed by atoms with Crippen molar-refractivity contribution in [2.24, 2.45) is 0 Å². The van der Waals surface area contributed by atoms with Gasteiger partial charge in [-0.2, -0.15) is 0 Å². The molecule has 0 unspecified atom stereocenters. The lowest BCUT2D eigenvalue weighted by atomic mass is 10.1. The van der Waals surface area contributed by atoms with Crippen molar-refractivity contribution < 1.29 is 9.47 Å². The van der Waals surface area contributed by atoms with Gasteiger partial charge in [-0.3, -0.25) is 0 Å². The zero-order valence-electron chi connectivity index (χ0n) is 9.49. The molecule has 0 atom stereocenters. The zero-order chi connectivity index (χ0) is 12.4. The van der Waals surface area contributed by atoms with Crippen LogP contribution in [0.4, 0.5) is 5.69 Å². The quantitative estimate of drug-likeness (QED) is 0.877. The highest BCUT2D eigenvalue weighted by Gasteiger charge is 2.12. The molecule has 0 aliphatic heterocycles. The molecule has 5 heteroatoms. The molecule has 3 nitrogen and oxygen atoms in total. The van der Waals surface area contributed by atoms with E-state index in [1.807, 2.05) is 18.2 Å². The SMILES string of the molecule is COc1cc(N)c(-c2ccc(Br)s2)cc1OC. The molecule has 1 aromatic heterocycles. The third-order valence-electron chi connectivity index (χ3n) is 2.39. The number of halogens is 1. The first kappa shape index (κ1) is 12.3. The Morgan fingerprint density at radius 2 is 1.76 bits per heavy atom. The Morgan fingerprint density at radius 3 is 2.29 bits per heavy atom. The molecule has 0 spiro atoms. The first-order chi connectivity index (χ1) is 8.15. The molecular formula is C12H12BrNO2S. The maximum Gasteiger partial charge on any atom is 0.162 e. The molecule has 0 saturated carbocycles. The van der Waals surface area contributed by atoms with E-state index in [1.165, 1.54) is 0 Å². The number of ether oxygens (including phenoxy) is 2. The third kappa shape index (κ3) is 2.40. The van der Waals surface area contributed by atoms with Crippen LogP contribution in [0.5, 0.6) is 11.5 Å². The van der Waals surface area contributed by atoms with E-state index >= 15 is 0 Å². The van der Waals surface area contributed by atoms with Gasteiger partial charge in [0.15, 0.2) is 11.5 Å². The van der Waals surface area contributed by atoms with Crippen molar-refractivity contribution in [3.8, 4) is 21.9 Å². The third-order valence-corrected chi connectivity index (χ3v) is 4.05. The number of nitrogens with two attached hydrogens (primary N) is 1. The number of methoxy groups -OCH3 is 2. The van der Waals surface area contributed by atoms with Gasteiger partial charge in [0.25, 0.3) is 0 Å². The Morgan fingerprint density at radius 1 is 1.12 bits per heavy atom. The zero-order valence-corrected chi connectivity index (χ0v) is 11.9. The second-order valence-electron chi connectivity index (χ2n) is 3.40. The lowest BCUT2D eigenvalue weighted by molar-refractivity contribution is 0.355. The molecule has 1 aromatic carbocycles. The van der Waals surface area contributed by atoms with Crippen molar-refractivity contribution in [2.75, 3.05) is 20.0 Å². The van der Waals surface area contributed by atoms with Crippen LogP contribution in [0.2, 0.25) is 0 Å². The second-order valence-corrected chi connectivity index (χ2v) is 5.86. The van der Waals surface area contributed by atoms with E-state index in [4.69, 9.17) is 15.2 Å². The minimum absolute atomic E-state index is 0.643. The van der Waals surface area contributed by atoms with Crippen molar-refractivity contribution in [3.05, 3.63) is 28.1 Å². The van der Waals surface area contributed by atoms with E-state index in [0.29, 0.717) is 17.2 Å². The van der Waals surface area contributed by atoms with Crippen LogP contribution in [0.3, 0.4) is 0 Å². The van der Waals surface area contributed by atoms with Crippen LogP contribution in [-0.2, 0) is 0 Å². The van der Waals surface area contributed by atoms with Gasteiger partial charge in [-0.05, 0) is 34.1 Å². The fourth-order valence-corrected chi connectivity index (χ4v) is 2.99. The fourth-order valence-electron chi connectivity index (χ4n) is 1.57. The molecule has 1 heterocycles. The summed E-state index contributed by atoms with van der Waals surface area (Å²) in [7, 11) is 3.21. The van der Waals surface area contributed by atoms with Gasteiger partial charge >= 0.3 is 0 Å². The predicted octanol–water partition coefficient (Wildman–Crippen LogP) is 3.78. The van der Waals surface area contributed by atoms with Gasteiger partial charge in [-0.25, -0.2) is 0 Å². The maximum absolute atomic E-state index is 6.02. The second kappa shape index (κ2) is 4.98. The number of anilines is 1. The summed E-state index contributed by atoms with van der Waals surface area (Å²) >= 11 is 5.07. The van der Waals surface area contributed by atoms with E-state index in [2.05, 4.69) is 15.9 Å². The summed E-state index contributed by atoms with van der Waals surface area (Å²) in [6.45, 7) is 0. The summed E-state index contributed by atoms with van der Waals surface area (Å²) in [5, 5.41) is 0. The lowest BCUT2D eigenvalue weighted by Gasteiger charge is -2.11. The highest BCUT2D eigenvalue weighted by Crippen LogP contribution is 2.40. The summed E-state index contributed by atoms with van der Waals surface area (Å²) in [6.07, 6.45) is 0. The molecule has 0 amide bonds. The maximum atomic E-state index is 6.02. The Balaban J connectivity index is 2.55. The van der Waals surface area contributed by atoms with E-state index < -0.39 is 0 Å². The van der Waals surface area contributed by atoms with Crippen LogP contribution in [0.1, 0.15) is 0 Å². The molecular weight excluding hydrogens is 302 g/mol. The van der Waals surface area contributed by atoms with E-state index in [-0.39, 0.29) is 0 Å². The van der Waals surface area contributed by atoms with Crippen LogP contribution < -0.4 is 15.2 Å². The number of thiophene rings is 1. The molecule has 2 aromatic rings. The van der Waals surface area contributed by atoms with Crippen LogP contribution in [0.15, 0.2) is 28.1 Å². The number of hydrogen-bond acceptors (Lipinski definition) is 4. The van der Waals surface area contributed by atoms with Crippen molar-refractivity contribution in [1.82, 2.24) is 0 Å². The van der Waals surface area contributed by atoms with E-state index in [1.54, 1.807) is 31.6 Å². The minimum atomic E-state index is 0.643. The van der Waals surface area contributed by atoms with Gasteiger partial charge in [-0.1, -0.05) is 0 Å². The van der Waals surface area contributed by atoms with Crippen molar-refractivity contribution in [3.63, 3.8) is 0 Å². The summed E-state index contributed by atoms with van der Waals surface area (Å²) < 4.78 is 11.5. The Hall–Kier alpha value is -1.20. The van der Waals surface area contributed by atoms with Gasteiger partial charge < -0.3 is 15.2 Å². The average molecular weight is 314 g/mol. The molecule has 0 aliphatic carbocycles. The topological polar surface area (TPSA) is 44.5 Å². The van der Waals surface area contributed by atoms with Crippen LogP contribution in [0, 0.1) is 0 Å². The van der Waals surface area contributed by atoms with Gasteiger partial charge in [0.05, 0.1) is 18.0 Å². The van der Waals surface area contributed by atoms with Crippen molar-refractivity contribution in [1.29, 1.82) is 0 Å². The monoisotopic (exact) mass is 313 g/mol. The first-order valence-corrected chi connectivity index (χ1v) is 6.54. The number of rotatable bonds is 3. The van der Waals surface area contributed by atoms with Crippen LogP contribution in [0.25, 0.3) is 10.4 Å². The molecule has 0 fully saturated rings. The summed E-state index contributed by atoms with van der Waals surface area (Å²) in [6, 6.07) is 7.69. The van der Waals surface area contributed by atoms with Crippen LogP contribution >= 0.6 is 27.3 Å². The molecule has 2 rings (SSSR count). The highest BCUT2D eigenvalue weighted by atomic mass is 79.9. The first-order valence-electron chi connectivity index (χ1n) is 4.93. The van der Waals surface area contributed by atoms with E-state index in [0.717, 1.165) is 14.2 Å². The van der Waals surface area contributed by atoms with Crippen molar-refractivity contribution >= 4 is 33.0 Å². The molecule has 2 N–H and O–H groups in total. The van der Waals surface area contributed by atoms with Crippen LogP contribution in [-0.4, -0.2) is 14.2 Å². The Kier molecular flexibility index (Phi) is 3.59. The predicted molar refractivity (Wildman–Crippen MR) is 75.0 cm³/mol. The summed E-state index contributed by atoms with van der Waals surface area (Å²) in [4.78, 5) is 1.09. The average Bonchev–Trinajstić information content (AvgIpc) is 2.75. The summed E-state index contributed by atoms with van der Waals surface area (Å²) in [5.74, 6) is 1.32. The molecule has 0 aliphatic rings. The number of nitrogen functional groups attached to an aromatic ring is 1. The molecule has 0 saturated heterocycles. The van der Waals surface area contributed by atoms with Gasteiger partial charge in [-0.15, -0.1) is 11.3 Å². The van der Waals surface area contributed by atoms with E-state index in [9.17, 15) is 0 Å².